The molecule has 3 aliphatic heterocycles. The van der Waals surface area contributed by atoms with Crippen LogP contribution >= 0.6 is 0 Å². The Labute approximate surface area is 350 Å². The molecule has 0 saturated carbocycles. The van der Waals surface area contributed by atoms with Gasteiger partial charge in [0.1, 0.15) is 72.3 Å². The Morgan fingerprint density at radius 1 is 0.721 bits per heavy atom. The maximum absolute atomic E-state index is 14.1. The second-order valence-corrected chi connectivity index (χ2v) is 17.0. The molecule has 3 heterocycles. The minimum absolute atomic E-state index is 0.115. The van der Waals surface area contributed by atoms with Crippen LogP contribution in [0.15, 0.2) is 103 Å². The third kappa shape index (κ3) is 9.51. The first-order valence-electron chi connectivity index (χ1n) is 19.7. The van der Waals surface area contributed by atoms with Crippen molar-refractivity contribution in [2.24, 2.45) is 5.92 Å². The van der Waals surface area contributed by atoms with Gasteiger partial charge in [-0.1, -0.05) is 72.8 Å². The van der Waals surface area contributed by atoms with Crippen molar-refractivity contribution in [2.45, 2.75) is 86.2 Å². The predicted octanol–water partition coefficient (Wildman–Crippen LogP) is 1.09. The molecule has 0 aliphatic carbocycles. The molecule has 61 heavy (non-hydrogen) atoms. The van der Waals surface area contributed by atoms with E-state index in [9.17, 15) is 58.5 Å². The maximum Gasteiger partial charge on any atom is 0.311 e. The lowest BCUT2D eigenvalue weighted by atomic mass is 9.77. The summed E-state index contributed by atoms with van der Waals surface area (Å²) >= 11 is 0. The van der Waals surface area contributed by atoms with Crippen molar-refractivity contribution in [1.29, 1.82) is 0 Å². The molecule has 13 atom stereocenters. The normalized spacial score (nSPS) is 31.0. The van der Waals surface area contributed by atoms with Gasteiger partial charge in [-0.15, -0.1) is 0 Å². The highest BCUT2D eigenvalue weighted by Gasteiger charge is 2.52. The molecule has 0 bridgehead atoms. The Hall–Kier alpha value is -4.41. The van der Waals surface area contributed by atoms with Crippen molar-refractivity contribution < 1.29 is 76.8 Å². The number of amides is 1. The summed E-state index contributed by atoms with van der Waals surface area (Å²) in [5.74, 6) is -2.72. The number of hydrogen-bond acceptors (Lipinski definition) is 15. The van der Waals surface area contributed by atoms with Crippen molar-refractivity contribution in [3.8, 4) is 16.9 Å². The Balaban J connectivity index is 1.16. The van der Waals surface area contributed by atoms with Crippen LogP contribution in [0.2, 0.25) is 0 Å². The number of carbonyl (C=O) groups excluding carboxylic acids is 1. The van der Waals surface area contributed by atoms with E-state index in [0.29, 0.717) is 27.9 Å². The fourth-order valence-corrected chi connectivity index (χ4v) is 9.25. The van der Waals surface area contributed by atoms with Crippen LogP contribution in [0.3, 0.4) is 0 Å². The minimum atomic E-state index is -4.76. The molecule has 16 nitrogen and oxygen atoms in total. The van der Waals surface area contributed by atoms with Crippen LogP contribution in [0.1, 0.15) is 36.1 Å². The Morgan fingerprint density at radius 3 is 2.02 bits per heavy atom. The summed E-state index contributed by atoms with van der Waals surface area (Å²) < 4.78 is 64.3. The van der Waals surface area contributed by atoms with Crippen molar-refractivity contribution in [3.05, 3.63) is 120 Å². The van der Waals surface area contributed by atoms with E-state index in [1.54, 1.807) is 66.7 Å². The van der Waals surface area contributed by atoms with Crippen molar-refractivity contribution >= 4 is 21.7 Å². The predicted molar refractivity (Wildman–Crippen MR) is 213 cm³/mol. The highest BCUT2D eigenvalue weighted by Crippen LogP contribution is 2.49. The van der Waals surface area contributed by atoms with Crippen LogP contribution in [0, 0.1) is 11.7 Å². The van der Waals surface area contributed by atoms with Gasteiger partial charge >= 0.3 is 10.1 Å². The quantitative estimate of drug-likeness (QED) is 0.0615. The molecule has 328 valence electrons. The van der Waals surface area contributed by atoms with Gasteiger partial charge in [-0.3, -0.25) is 4.79 Å². The number of para-hydroxylation sites is 1. The molecule has 0 spiro atoms. The molecule has 0 aromatic heterocycles. The summed E-state index contributed by atoms with van der Waals surface area (Å²) in [6.07, 6.45) is -18.2. The van der Waals surface area contributed by atoms with E-state index in [1.807, 2.05) is 6.07 Å². The second-order valence-electron chi connectivity index (χ2n) is 15.3. The highest BCUT2D eigenvalue weighted by molar-refractivity contribution is 7.87. The standard InChI is InChI=1S/C43H48FNO15S/c44-26-14-11-24(12-15-26)30(48)18-17-29-35(45(42(29)54)27-9-5-2-6-10-27)28-16-13-25(23-7-3-1-4-8-23)19-31(28)60-61(55,56)22-34-37(50)39(52)41(33(21-47)57-34)59-43-40(53)38(51)36(49)32(20-46)58-43/h1-16,19,29-30,32-41,43,46-53H,17-18,20-22H2/t29-,30+,32-,33-,34+,35-,36-,37+,38+,39-,40-,41?,43+/m1/s1. The van der Waals surface area contributed by atoms with Gasteiger partial charge in [0, 0.05) is 11.3 Å². The molecule has 4 aromatic rings. The first-order valence-corrected chi connectivity index (χ1v) is 21.3. The number of nitrogens with zero attached hydrogens (tertiary/aromatic N) is 1. The summed E-state index contributed by atoms with van der Waals surface area (Å²) in [7, 11) is -4.76. The lowest BCUT2D eigenvalue weighted by Crippen LogP contribution is -2.65. The molecule has 1 amide bonds. The van der Waals surface area contributed by atoms with Crippen LogP contribution in [0.4, 0.5) is 10.1 Å². The Morgan fingerprint density at radius 2 is 1.36 bits per heavy atom. The molecule has 3 aliphatic rings. The molecule has 3 fully saturated rings. The van der Waals surface area contributed by atoms with Crippen molar-refractivity contribution in [3.63, 3.8) is 0 Å². The molecule has 18 heteroatoms. The smallest absolute Gasteiger partial charge is 0.311 e. The third-order valence-electron chi connectivity index (χ3n) is 11.4. The van der Waals surface area contributed by atoms with Crippen LogP contribution in [0.5, 0.6) is 5.75 Å². The number of benzene rings is 4. The average Bonchev–Trinajstić information content (AvgIpc) is 3.26. The number of carbonyl (C=O) groups is 1. The lowest BCUT2D eigenvalue weighted by Gasteiger charge is -2.48. The first kappa shape index (κ1) is 44.6. The fraction of sp³-hybridized carbons (Fsp3) is 0.419. The van der Waals surface area contributed by atoms with E-state index in [0.717, 1.165) is 0 Å². The van der Waals surface area contributed by atoms with Gasteiger partial charge in [0.2, 0.25) is 5.91 Å². The SMILES string of the molecule is O=C1[C@H](CC[C@H](O)c2ccc(F)cc2)[C@@H](c2ccc(-c3ccccc3)cc2OS(=O)(=O)C[C@@H]2O[C@H](CO)C(O[C@@H]3O[C@H](CO)[C@@H](O)[C@H](O)[C@H]3O)[C@H](O)[C@H]2O)N1c1ccccc1. The van der Waals surface area contributed by atoms with E-state index >= 15 is 0 Å². The molecule has 0 radical (unpaired) electrons. The zero-order valence-electron chi connectivity index (χ0n) is 32.5. The first-order chi connectivity index (χ1) is 29.2. The molecular weight excluding hydrogens is 822 g/mol. The van der Waals surface area contributed by atoms with Crippen LogP contribution < -0.4 is 9.08 Å². The van der Waals surface area contributed by atoms with E-state index in [2.05, 4.69) is 0 Å². The second kappa shape index (κ2) is 18.9. The molecule has 4 aromatic carbocycles. The molecule has 8 N–H and O–H groups in total. The Bertz CT molecular complexity index is 2200. The summed E-state index contributed by atoms with van der Waals surface area (Å²) in [5, 5.41) is 83.9. The lowest BCUT2D eigenvalue weighted by molar-refractivity contribution is -0.341. The average molecular weight is 870 g/mol. The third-order valence-corrected chi connectivity index (χ3v) is 12.6. The van der Waals surface area contributed by atoms with E-state index < -0.39 is 114 Å². The minimum Gasteiger partial charge on any atom is -0.394 e. The van der Waals surface area contributed by atoms with Crippen molar-refractivity contribution in [1.82, 2.24) is 0 Å². The summed E-state index contributed by atoms with van der Waals surface area (Å²) in [4.78, 5) is 15.4. The van der Waals surface area contributed by atoms with Gasteiger partial charge < -0.3 is 64.1 Å². The zero-order valence-corrected chi connectivity index (χ0v) is 33.3. The number of hydrogen-bond donors (Lipinski definition) is 8. The van der Waals surface area contributed by atoms with E-state index in [4.69, 9.17) is 18.4 Å². The van der Waals surface area contributed by atoms with Gasteiger partial charge in [-0.25, -0.2) is 4.39 Å². The fourth-order valence-electron chi connectivity index (χ4n) is 8.09. The summed E-state index contributed by atoms with van der Waals surface area (Å²) in [6.45, 7) is -1.66. The van der Waals surface area contributed by atoms with Gasteiger partial charge in [-0.2, -0.15) is 8.42 Å². The monoisotopic (exact) mass is 869 g/mol. The van der Waals surface area contributed by atoms with Crippen LogP contribution in [-0.2, 0) is 29.1 Å². The zero-order chi connectivity index (χ0) is 43.6. The molecule has 3 saturated heterocycles. The molecule has 1 unspecified atom stereocenters. The number of β-lactam (4-membered cyclic amide) rings is 1. The topological polar surface area (TPSA) is 253 Å². The highest BCUT2D eigenvalue weighted by atomic mass is 32.2. The number of anilines is 1. The number of aliphatic hydroxyl groups is 8. The number of rotatable bonds is 15. The number of ether oxygens (including phenoxy) is 3. The summed E-state index contributed by atoms with van der Waals surface area (Å²) in [5.41, 5.74) is 2.56. The number of aliphatic hydroxyl groups excluding tert-OH is 8. The van der Waals surface area contributed by atoms with E-state index in [-0.39, 0.29) is 24.5 Å². The maximum atomic E-state index is 14.1. The van der Waals surface area contributed by atoms with Crippen LogP contribution in [0.25, 0.3) is 11.1 Å². The van der Waals surface area contributed by atoms with Gasteiger partial charge in [0.15, 0.2) is 6.29 Å². The Kier molecular flexibility index (Phi) is 13.8. The van der Waals surface area contributed by atoms with Gasteiger partial charge in [0.25, 0.3) is 0 Å². The largest absolute Gasteiger partial charge is 0.394 e. The van der Waals surface area contributed by atoms with E-state index in [1.165, 1.54) is 35.2 Å². The number of halogens is 1. The molecular formula is C43H48FNO15S. The van der Waals surface area contributed by atoms with Gasteiger partial charge in [0.05, 0.1) is 31.3 Å². The molecule has 7 rings (SSSR count). The summed E-state index contributed by atoms with van der Waals surface area (Å²) in [6, 6.07) is 27.2. The van der Waals surface area contributed by atoms with Crippen molar-refractivity contribution in [2.75, 3.05) is 23.9 Å². The van der Waals surface area contributed by atoms with Crippen LogP contribution in [-0.4, -0.2) is 135 Å². The van der Waals surface area contributed by atoms with Gasteiger partial charge in [-0.05, 0) is 59.9 Å².